The topological polar surface area (TPSA) is 15.6 Å². The van der Waals surface area contributed by atoms with Gasteiger partial charge in [0.1, 0.15) is 0 Å². The van der Waals surface area contributed by atoms with Crippen molar-refractivity contribution in [2.24, 2.45) is 4.99 Å². The number of rotatable bonds is 4. The van der Waals surface area contributed by atoms with Gasteiger partial charge in [-0.05, 0) is 37.0 Å². The third kappa shape index (κ3) is 4.27. The van der Waals surface area contributed by atoms with Crippen molar-refractivity contribution in [2.75, 3.05) is 19.6 Å². The molecule has 0 spiro atoms. The second kappa shape index (κ2) is 7.19. The first kappa shape index (κ1) is 14.0. The van der Waals surface area contributed by atoms with E-state index in [9.17, 15) is 0 Å². The predicted molar refractivity (Wildman–Crippen MR) is 89.4 cm³/mol. The monoisotopic (exact) mass is 278 g/mol. The number of para-hydroxylation sites is 1. The Hall–Kier alpha value is -1.93. The molecule has 0 atom stereocenters. The summed E-state index contributed by atoms with van der Waals surface area (Å²) in [6.45, 7) is 3.43. The molecular weight excluding hydrogens is 256 g/mol. The number of aliphatic imine (C=N–C) groups is 1. The van der Waals surface area contributed by atoms with Crippen LogP contribution >= 0.6 is 0 Å². The van der Waals surface area contributed by atoms with E-state index in [0.717, 1.165) is 44.6 Å². The maximum absolute atomic E-state index is 4.76. The Bertz CT molecular complexity index is 565. The highest BCUT2D eigenvalue weighted by atomic mass is 15.1. The van der Waals surface area contributed by atoms with Crippen LogP contribution in [0, 0.1) is 0 Å². The first-order valence-electron chi connectivity index (χ1n) is 7.78. The molecule has 1 aliphatic rings. The van der Waals surface area contributed by atoms with E-state index in [-0.39, 0.29) is 0 Å². The lowest BCUT2D eigenvalue weighted by molar-refractivity contribution is 0.278. The molecule has 1 heterocycles. The van der Waals surface area contributed by atoms with Crippen LogP contribution in [0.5, 0.6) is 0 Å². The summed E-state index contributed by atoms with van der Waals surface area (Å²) in [7, 11) is 0. The van der Waals surface area contributed by atoms with E-state index in [2.05, 4.69) is 47.4 Å². The van der Waals surface area contributed by atoms with Gasteiger partial charge >= 0.3 is 0 Å². The molecule has 1 fully saturated rings. The molecule has 0 saturated carbocycles. The molecule has 2 aromatic rings. The Balaban J connectivity index is 1.48. The Morgan fingerprint density at radius 3 is 2.10 bits per heavy atom. The number of piperidine rings is 1. The first-order valence-corrected chi connectivity index (χ1v) is 7.78. The van der Waals surface area contributed by atoms with Crippen LogP contribution in [-0.4, -0.2) is 30.2 Å². The second-order valence-corrected chi connectivity index (χ2v) is 5.59. The van der Waals surface area contributed by atoms with E-state index in [0.29, 0.717) is 0 Å². The van der Waals surface area contributed by atoms with Crippen molar-refractivity contribution in [3.05, 3.63) is 66.2 Å². The first-order chi connectivity index (χ1) is 10.4. The van der Waals surface area contributed by atoms with E-state index < -0.39 is 0 Å². The molecule has 0 radical (unpaired) electrons. The highest BCUT2D eigenvalue weighted by Crippen LogP contribution is 2.15. The zero-order chi connectivity index (χ0) is 14.3. The second-order valence-electron chi connectivity index (χ2n) is 5.59. The molecule has 108 valence electrons. The maximum atomic E-state index is 4.76. The van der Waals surface area contributed by atoms with Crippen molar-refractivity contribution >= 4 is 11.4 Å². The number of hydrogen-bond donors (Lipinski definition) is 0. The molecule has 0 aromatic heterocycles. The molecular formula is C19H22N2. The number of likely N-dealkylation sites (tertiary alicyclic amines) is 1. The summed E-state index contributed by atoms with van der Waals surface area (Å²) in [6, 6.07) is 21.0. The van der Waals surface area contributed by atoms with Gasteiger partial charge < -0.3 is 4.90 Å². The van der Waals surface area contributed by atoms with Gasteiger partial charge in [0, 0.05) is 25.3 Å². The third-order valence-electron chi connectivity index (χ3n) is 4.04. The van der Waals surface area contributed by atoms with Crippen LogP contribution in [0.4, 0.5) is 5.69 Å². The molecule has 21 heavy (non-hydrogen) atoms. The maximum Gasteiger partial charge on any atom is 0.0629 e. The summed E-state index contributed by atoms with van der Waals surface area (Å²) < 4.78 is 0. The fraction of sp³-hybridized carbons (Fsp3) is 0.316. The molecule has 1 saturated heterocycles. The molecule has 0 unspecified atom stereocenters. The lowest BCUT2D eigenvalue weighted by Crippen LogP contribution is -2.35. The number of nitrogens with zero attached hydrogens (tertiary/aromatic N) is 2. The minimum Gasteiger partial charge on any atom is -0.302 e. The van der Waals surface area contributed by atoms with Crippen LogP contribution < -0.4 is 0 Å². The molecule has 2 heteroatoms. The highest BCUT2D eigenvalue weighted by Gasteiger charge is 2.14. The van der Waals surface area contributed by atoms with Gasteiger partial charge in [0.2, 0.25) is 0 Å². The van der Waals surface area contributed by atoms with Gasteiger partial charge in [-0.2, -0.15) is 0 Å². The molecule has 2 aromatic carbocycles. The predicted octanol–water partition coefficient (Wildman–Crippen LogP) is 4.10. The average molecular weight is 278 g/mol. The smallest absolute Gasteiger partial charge is 0.0629 e. The van der Waals surface area contributed by atoms with Gasteiger partial charge in [0.25, 0.3) is 0 Å². The Kier molecular flexibility index (Phi) is 4.80. The van der Waals surface area contributed by atoms with Gasteiger partial charge in [-0.25, -0.2) is 0 Å². The van der Waals surface area contributed by atoms with Gasteiger partial charge in [-0.3, -0.25) is 4.99 Å². The molecule has 0 bridgehead atoms. The van der Waals surface area contributed by atoms with Crippen LogP contribution in [0.2, 0.25) is 0 Å². The summed E-state index contributed by atoms with van der Waals surface area (Å²) in [5, 5.41) is 0. The lowest BCUT2D eigenvalue weighted by atomic mass is 10.1. The van der Waals surface area contributed by atoms with Crippen LogP contribution in [0.1, 0.15) is 18.4 Å². The molecule has 0 amide bonds. The fourth-order valence-electron chi connectivity index (χ4n) is 2.76. The van der Waals surface area contributed by atoms with Crippen molar-refractivity contribution in [1.29, 1.82) is 0 Å². The van der Waals surface area contributed by atoms with Crippen molar-refractivity contribution in [2.45, 2.75) is 19.3 Å². The summed E-state index contributed by atoms with van der Waals surface area (Å²) >= 11 is 0. The molecule has 3 rings (SSSR count). The molecule has 0 aliphatic carbocycles. The van der Waals surface area contributed by atoms with E-state index >= 15 is 0 Å². The summed E-state index contributed by atoms with van der Waals surface area (Å²) in [6.07, 6.45) is 3.35. The Morgan fingerprint density at radius 2 is 1.43 bits per heavy atom. The Labute approximate surface area is 127 Å². The van der Waals surface area contributed by atoms with Crippen molar-refractivity contribution in [1.82, 2.24) is 4.90 Å². The van der Waals surface area contributed by atoms with E-state index in [1.807, 2.05) is 18.2 Å². The summed E-state index contributed by atoms with van der Waals surface area (Å²) in [5.74, 6) is 0. The van der Waals surface area contributed by atoms with Gasteiger partial charge in [0.05, 0.1) is 5.69 Å². The third-order valence-corrected chi connectivity index (χ3v) is 4.04. The van der Waals surface area contributed by atoms with Gasteiger partial charge in [-0.1, -0.05) is 48.5 Å². The number of benzene rings is 2. The van der Waals surface area contributed by atoms with Gasteiger partial charge in [-0.15, -0.1) is 0 Å². The van der Waals surface area contributed by atoms with Crippen LogP contribution in [0.25, 0.3) is 0 Å². The largest absolute Gasteiger partial charge is 0.302 e. The zero-order valence-electron chi connectivity index (χ0n) is 12.4. The van der Waals surface area contributed by atoms with E-state index in [1.54, 1.807) is 0 Å². The van der Waals surface area contributed by atoms with Gasteiger partial charge in [0.15, 0.2) is 0 Å². The van der Waals surface area contributed by atoms with Crippen LogP contribution in [0.3, 0.4) is 0 Å². The molecule has 2 nitrogen and oxygen atoms in total. The highest BCUT2D eigenvalue weighted by molar-refractivity contribution is 5.87. The van der Waals surface area contributed by atoms with Crippen LogP contribution in [-0.2, 0) is 6.42 Å². The minimum atomic E-state index is 1.09. The van der Waals surface area contributed by atoms with Crippen molar-refractivity contribution in [3.8, 4) is 0 Å². The van der Waals surface area contributed by atoms with E-state index in [1.165, 1.54) is 11.3 Å². The normalized spacial score (nSPS) is 15.9. The molecule has 0 N–H and O–H groups in total. The van der Waals surface area contributed by atoms with Crippen LogP contribution in [0.15, 0.2) is 65.7 Å². The van der Waals surface area contributed by atoms with Crippen molar-refractivity contribution in [3.63, 3.8) is 0 Å². The van der Waals surface area contributed by atoms with E-state index in [4.69, 9.17) is 4.99 Å². The fourth-order valence-corrected chi connectivity index (χ4v) is 2.76. The van der Waals surface area contributed by atoms with Crippen molar-refractivity contribution < 1.29 is 0 Å². The Morgan fingerprint density at radius 1 is 0.810 bits per heavy atom. The SMILES string of the molecule is c1ccc(CCN2CCC(=Nc3ccccc3)CC2)cc1. The minimum absolute atomic E-state index is 1.09. The average Bonchev–Trinajstić information content (AvgIpc) is 2.56. The lowest BCUT2D eigenvalue weighted by Gasteiger charge is -2.27. The number of hydrogen-bond acceptors (Lipinski definition) is 2. The standard InChI is InChI=1S/C19H22N2/c1-3-7-17(8-4-1)11-14-21-15-12-19(13-16-21)20-18-9-5-2-6-10-18/h1-10H,11-16H2. The zero-order valence-corrected chi connectivity index (χ0v) is 12.4. The quantitative estimate of drug-likeness (QED) is 0.822. The summed E-state index contributed by atoms with van der Waals surface area (Å²) in [5.41, 5.74) is 3.86. The molecule has 1 aliphatic heterocycles. The summed E-state index contributed by atoms with van der Waals surface area (Å²) in [4.78, 5) is 7.31.